The largest absolute Gasteiger partial charge is 0.480 e. The second-order valence-electron chi connectivity index (χ2n) is 3.24. The number of rotatable bonds is 4. The van der Waals surface area contributed by atoms with Crippen LogP contribution in [0.2, 0.25) is 0 Å². The Balaban J connectivity index is 2.08. The van der Waals surface area contributed by atoms with E-state index in [1.165, 1.54) is 11.8 Å². The Morgan fingerprint density at radius 1 is 1.71 bits per heavy atom. The van der Waals surface area contributed by atoms with Crippen LogP contribution in [0, 0.1) is 0 Å². The van der Waals surface area contributed by atoms with Gasteiger partial charge in [-0.25, -0.2) is 4.68 Å². The van der Waals surface area contributed by atoms with Crippen LogP contribution in [0.15, 0.2) is 5.16 Å². The van der Waals surface area contributed by atoms with Gasteiger partial charge >= 0.3 is 5.97 Å². The van der Waals surface area contributed by atoms with Gasteiger partial charge in [-0.05, 0) is 30.2 Å². The van der Waals surface area contributed by atoms with E-state index in [-0.39, 0.29) is 0 Å². The highest BCUT2D eigenvalue weighted by Crippen LogP contribution is 2.36. The predicted octanol–water partition coefficient (Wildman–Crippen LogP) is 0.573. The number of carboxylic acids is 1. The molecule has 0 amide bonds. The molecule has 1 saturated carbocycles. The Labute approximate surface area is 84.7 Å². The zero-order chi connectivity index (χ0) is 10.1. The number of nitrogens with zero attached hydrogens (tertiary/aromatic N) is 4. The molecular formula is C7H10N4O2S. The minimum Gasteiger partial charge on any atom is -0.480 e. The second kappa shape index (κ2) is 3.56. The van der Waals surface area contributed by atoms with Crippen molar-refractivity contribution in [3.05, 3.63) is 0 Å². The Kier molecular flexibility index (Phi) is 2.40. The zero-order valence-electron chi connectivity index (χ0n) is 7.62. The van der Waals surface area contributed by atoms with E-state index >= 15 is 0 Å². The maximum Gasteiger partial charge on any atom is 0.316 e. The molecule has 0 radical (unpaired) electrons. The van der Waals surface area contributed by atoms with Crippen molar-refractivity contribution in [2.75, 3.05) is 0 Å². The number of aromatic nitrogens is 4. The van der Waals surface area contributed by atoms with Crippen LogP contribution in [0.25, 0.3) is 0 Å². The number of carboxylic acid groups (broad SMARTS) is 1. The lowest BCUT2D eigenvalue weighted by Gasteiger charge is -2.04. The van der Waals surface area contributed by atoms with Gasteiger partial charge in [-0.15, -0.1) is 5.10 Å². The lowest BCUT2D eigenvalue weighted by Crippen LogP contribution is -2.13. The summed E-state index contributed by atoms with van der Waals surface area (Å²) in [6.45, 7) is 1.62. The lowest BCUT2D eigenvalue weighted by molar-refractivity contribution is -0.136. The molecule has 1 atom stereocenters. The van der Waals surface area contributed by atoms with Gasteiger partial charge in [0.25, 0.3) is 0 Å². The molecule has 1 aromatic rings. The van der Waals surface area contributed by atoms with Crippen molar-refractivity contribution in [1.29, 1.82) is 0 Å². The van der Waals surface area contributed by atoms with E-state index in [1.807, 2.05) is 0 Å². The monoisotopic (exact) mass is 214 g/mol. The van der Waals surface area contributed by atoms with E-state index in [9.17, 15) is 4.79 Å². The van der Waals surface area contributed by atoms with Crippen LogP contribution in [-0.4, -0.2) is 36.5 Å². The van der Waals surface area contributed by atoms with Gasteiger partial charge in [0.15, 0.2) is 0 Å². The molecule has 1 aliphatic carbocycles. The third-order valence-electron chi connectivity index (χ3n) is 1.99. The average molecular weight is 214 g/mol. The highest BCUT2D eigenvalue weighted by molar-refractivity contribution is 8.00. The van der Waals surface area contributed by atoms with E-state index in [4.69, 9.17) is 5.11 Å². The number of thioether (sulfide) groups is 1. The Bertz CT molecular complexity index is 349. The molecule has 1 fully saturated rings. The van der Waals surface area contributed by atoms with E-state index in [1.54, 1.807) is 11.6 Å². The van der Waals surface area contributed by atoms with Crippen molar-refractivity contribution >= 4 is 17.7 Å². The first-order chi connectivity index (χ1) is 6.68. The summed E-state index contributed by atoms with van der Waals surface area (Å²) in [4.78, 5) is 10.6. The smallest absolute Gasteiger partial charge is 0.316 e. The molecule has 0 saturated heterocycles. The molecule has 7 heteroatoms. The van der Waals surface area contributed by atoms with Gasteiger partial charge < -0.3 is 5.11 Å². The van der Waals surface area contributed by atoms with Gasteiger partial charge in [0, 0.05) is 0 Å². The summed E-state index contributed by atoms with van der Waals surface area (Å²) in [7, 11) is 0. The van der Waals surface area contributed by atoms with Gasteiger partial charge in [0.2, 0.25) is 5.16 Å². The maximum atomic E-state index is 10.6. The Hall–Kier alpha value is -1.11. The first-order valence-corrected chi connectivity index (χ1v) is 5.24. The fraction of sp³-hybridized carbons (Fsp3) is 0.714. The van der Waals surface area contributed by atoms with Gasteiger partial charge in [0.05, 0.1) is 6.04 Å². The zero-order valence-corrected chi connectivity index (χ0v) is 8.44. The highest BCUT2D eigenvalue weighted by atomic mass is 32.2. The van der Waals surface area contributed by atoms with Crippen molar-refractivity contribution in [2.24, 2.45) is 0 Å². The van der Waals surface area contributed by atoms with Gasteiger partial charge in [-0.1, -0.05) is 11.8 Å². The molecular weight excluding hydrogens is 204 g/mol. The molecule has 2 rings (SSSR count). The third kappa shape index (κ3) is 1.87. The summed E-state index contributed by atoms with van der Waals surface area (Å²) in [6, 6.07) is 0.383. The summed E-state index contributed by atoms with van der Waals surface area (Å²) >= 11 is 1.18. The van der Waals surface area contributed by atoms with Crippen LogP contribution in [-0.2, 0) is 4.79 Å². The van der Waals surface area contributed by atoms with Gasteiger partial charge in [-0.2, -0.15) is 0 Å². The molecule has 0 aliphatic heterocycles. The van der Waals surface area contributed by atoms with Crippen LogP contribution in [0.5, 0.6) is 0 Å². The summed E-state index contributed by atoms with van der Waals surface area (Å²) < 4.78 is 1.71. The second-order valence-corrected chi connectivity index (χ2v) is 4.54. The van der Waals surface area contributed by atoms with Crippen LogP contribution in [0.1, 0.15) is 25.8 Å². The summed E-state index contributed by atoms with van der Waals surface area (Å²) in [5.74, 6) is -0.847. The number of carbonyl (C=O) groups is 1. The van der Waals surface area contributed by atoms with Gasteiger partial charge in [-0.3, -0.25) is 4.79 Å². The average Bonchev–Trinajstić information content (AvgIpc) is 2.88. The molecule has 1 aliphatic rings. The van der Waals surface area contributed by atoms with E-state index in [2.05, 4.69) is 15.5 Å². The molecule has 14 heavy (non-hydrogen) atoms. The van der Waals surface area contributed by atoms with Gasteiger partial charge in [0.1, 0.15) is 5.25 Å². The van der Waals surface area contributed by atoms with Crippen molar-refractivity contribution in [3.8, 4) is 0 Å². The molecule has 6 nitrogen and oxygen atoms in total. The predicted molar refractivity (Wildman–Crippen MR) is 49.0 cm³/mol. The summed E-state index contributed by atoms with van der Waals surface area (Å²) in [5.41, 5.74) is 0. The standard InChI is InChI=1S/C7H10N4O2S/c1-4(6(12)13)14-7-8-9-10-11(7)5-2-3-5/h4-5H,2-3H2,1H3,(H,12,13)/t4-/m1/s1. The van der Waals surface area contributed by atoms with Crippen molar-refractivity contribution in [2.45, 2.75) is 36.2 Å². The molecule has 0 unspecified atom stereocenters. The fourth-order valence-electron chi connectivity index (χ4n) is 1.02. The van der Waals surface area contributed by atoms with Crippen LogP contribution in [0.4, 0.5) is 0 Å². The van der Waals surface area contributed by atoms with Crippen LogP contribution in [0.3, 0.4) is 0 Å². The minimum atomic E-state index is -0.847. The summed E-state index contributed by atoms with van der Waals surface area (Å²) in [5, 5.41) is 20.0. The van der Waals surface area contributed by atoms with Crippen molar-refractivity contribution in [1.82, 2.24) is 20.2 Å². The molecule has 1 heterocycles. The van der Waals surface area contributed by atoms with E-state index in [0.717, 1.165) is 12.8 Å². The minimum absolute atomic E-state index is 0.383. The van der Waals surface area contributed by atoms with Crippen molar-refractivity contribution in [3.63, 3.8) is 0 Å². The van der Waals surface area contributed by atoms with E-state index in [0.29, 0.717) is 11.2 Å². The van der Waals surface area contributed by atoms with Crippen LogP contribution < -0.4 is 0 Å². The molecule has 0 bridgehead atoms. The number of hydrogen-bond acceptors (Lipinski definition) is 5. The number of aliphatic carboxylic acids is 1. The van der Waals surface area contributed by atoms with Crippen LogP contribution >= 0.6 is 11.8 Å². The summed E-state index contributed by atoms with van der Waals surface area (Å²) in [6.07, 6.45) is 2.17. The molecule has 0 spiro atoms. The first kappa shape index (κ1) is 9.45. The number of hydrogen-bond donors (Lipinski definition) is 1. The Morgan fingerprint density at radius 2 is 2.43 bits per heavy atom. The molecule has 1 aromatic heterocycles. The molecule has 1 N–H and O–H groups in total. The molecule has 76 valence electrons. The SMILES string of the molecule is C[C@@H](Sc1nnnn1C1CC1)C(=O)O. The van der Waals surface area contributed by atoms with E-state index < -0.39 is 11.2 Å². The quantitative estimate of drug-likeness (QED) is 0.738. The first-order valence-electron chi connectivity index (χ1n) is 4.36. The number of tetrazole rings is 1. The third-order valence-corrected chi connectivity index (χ3v) is 3.02. The highest BCUT2D eigenvalue weighted by Gasteiger charge is 2.29. The fourth-order valence-corrected chi connectivity index (χ4v) is 1.81. The molecule has 0 aromatic carbocycles. The maximum absolute atomic E-state index is 10.6. The Morgan fingerprint density at radius 3 is 3.00 bits per heavy atom. The normalized spacial score (nSPS) is 18.1. The van der Waals surface area contributed by atoms with Crippen molar-refractivity contribution < 1.29 is 9.90 Å². The topological polar surface area (TPSA) is 80.9 Å². The lowest BCUT2D eigenvalue weighted by atomic mass is 10.5.